The minimum absolute atomic E-state index is 0.310. The molecule has 1 heterocycles. The highest BCUT2D eigenvalue weighted by molar-refractivity contribution is 5.74. The van der Waals surface area contributed by atoms with Crippen molar-refractivity contribution in [1.82, 2.24) is 5.32 Å². The lowest BCUT2D eigenvalue weighted by Gasteiger charge is -2.18. The molecule has 1 aliphatic rings. The van der Waals surface area contributed by atoms with Gasteiger partial charge < -0.3 is 10.4 Å². The Hall–Kier alpha value is -0.570. The lowest BCUT2D eigenvalue weighted by Crippen LogP contribution is -2.37. The van der Waals surface area contributed by atoms with Crippen LogP contribution in [0.3, 0.4) is 0 Å². The molecule has 64 valence electrons. The second kappa shape index (κ2) is 3.22. The average molecular weight is 157 g/mol. The zero-order chi connectivity index (χ0) is 8.43. The highest BCUT2D eigenvalue weighted by Crippen LogP contribution is 2.23. The molecule has 3 nitrogen and oxygen atoms in total. The van der Waals surface area contributed by atoms with E-state index in [-0.39, 0.29) is 6.04 Å². The molecule has 0 saturated carbocycles. The van der Waals surface area contributed by atoms with E-state index in [1.807, 2.05) is 0 Å². The summed E-state index contributed by atoms with van der Waals surface area (Å²) in [5, 5.41) is 11.8. The van der Waals surface area contributed by atoms with Crippen LogP contribution in [0.25, 0.3) is 0 Å². The molecule has 2 N–H and O–H groups in total. The van der Waals surface area contributed by atoms with E-state index in [0.29, 0.717) is 11.8 Å². The maximum absolute atomic E-state index is 10.7. The van der Waals surface area contributed by atoms with Crippen LogP contribution in [-0.4, -0.2) is 23.7 Å². The molecule has 0 aliphatic carbocycles. The lowest BCUT2D eigenvalue weighted by molar-refractivity contribution is -0.140. The molecule has 0 radical (unpaired) electrons. The van der Waals surface area contributed by atoms with Crippen LogP contribution in [0.5, 0.6) is 0 Å². The van der Waals surface area contributed by atoms with Gasteiger partial charge in [-0.05, 0) is 24.8 Å². The van der Waals surface area contributed by atoms with Gasteiger partial charge in [0.25, 0.3) is 0 Å². The Labute approximate surface area is 66.8 Å². The number of rotatable bonds is 2. The molecule has 0 aromatic rings. The molecule has 1 aliphatic heterocycles. The van der Waals surface area contributed by atoms with Gasteiger partial charge >= 0.3 is 5.97 Å². The summed E-state index contributed by atoms with van der Waals surface area (Å²) in [6.07, 6.45) is 0.995. The number of carboxylic acids is 1. The molecule has 0 amide bonds. The van der Waals surface area contributed by atoms with Gasteiger partial charge in [-0.15, -0.1) is 0 Å². The quantitative estimate of drug-likeness (QED) is 0.620. The molecule has 0 unspecified atom stereocenters. The maximum Gasteiger partial charge on any atom is 0.320 e. The number of hydrogen-bond donors (Lipinski definition) is 2. The van der Waals surface area contributed by atoms with Crippen LogP contribution in [0.2, 0.25) is 0 Å². The number of carboxylic acid groups (broad SMARTS) is 1. The SMILES string of the molecule is CC(C)[C@@H]1CCN[C@@H]1C(=O)O. The van der Waals surface area contributed by atoms with Gasteiger partial charge in [0.2, 0.25) is 0 Å². The Morgan fingerprint density at radius 2 is 2.27 bits per heavy atom. The molecule has 1 saturated heterocycles. The number of hydrogen-bond acceptors (Lipinski definition) is 2. The number of aliphatic carboxylic acids is 1. The van der Waals surface area contributed by atoms with Crippen molar-refractivity contribution in [3.63, 3.8) is 0 Å². The third kappa shape index (κ3) is 1.71. The Morgan fingerprint density at radius 1 is 1.64 bits per heavy atom. The fraction of sp³-hybridized carbons (Fsp3) is 0.875. The predicted molar refractivity (Wildman–Crippen MR) is 42.4 cm³/mol. The van der Waals surface area contributed by atoms with Crippen LogP contribution < -0.4 is 5.32 Å². The van der Waals surface area contributed by atoms with Crippen molar-refractivity contribution in [2.45, 2.75) is 26.3 Å². The summed E-state index contributed by atoms with van der Waals surface area (Å²) >= 11 is 0. The lowest BCUT2D eigenvalue weighted by atomic mass is 9.89. The molecule has 2 atom stereocenters. The van der Waals surface area contributed by atoms with Crippen LogP contribution in [0.15, 0.2) is 0 Å². The topological polar surface area (TPSA) is 49.3 Å². The van der Waals surface area contributed by atoms with Crippen LogP contribution in [-0.2, 0) is 4.79 Å². The van der Waals surface area contributed by atoms with E-state index >= 15 is 0 Å². The molecule has 11 heavy (non-hydrogen) atoms. The summed E-state index contributed by atoms with van der Waals surface area (Å²) in [5.74, 6) is 0.0693. The van der Waals surface area contributed by atoms with Gasteiger partial charge in [0.15, 0.2) is 0 Å². The molecule has 1 fully saturated rings. The van der Waals surface area contributed by atoms with Crippen molar-refractivity contribution in [1.29, 1.82) is 0 Å². The molecule has 0 bridgehead atoms. The zero-order valence-corrected chi connectivity index (χ0v) is 7.00. The first-order valence-electron chi connectivity index (χ1n) is 4.09. The summed E-state index contributed by atoms with van der Waals surface area (Å²) in [5.41, 5.74) is 0. The smallest absolute Gasteiger partial charge is 0.320 e. The van der Waals surface area contributed by atoms with Crippen LogP contribution in [0.1, 0.15) is 20.3 Å². The second-order valence-electron chi connectivity index (χ2n) is 3.47. The Kier molecular flexibility index (Phi) is 2.49. The zero-order valence-electron chi connectivity index (χ0n) is 7.00. The van der Waals surface area contributed by atoms with E-state index in [4.69, 9.17) is 5.11 Å². The molecule has 0 spiro atoms. The van der Waals surface area contributed by atoms with Crippen molar-refractivity contribution in [2.24, 2.45) is 11.8 Å². The molecular weight excluding hydrogens is 142 g/mol. The van der Waals surface area contributed by atoms with Crippen LogP contribution in [0.4, 0.5) is 0 Å². The first kappa shape index (κ1) is 8.53. The van der Waals surface area contributed by atoms with Gasteiger partial charge in [-0.3, -0.25) is 4.79 Å². The van der Waals surface area contributed by atoms with Crippen LogP contribution >= 0.6 is 0 Å². The molecule has 0 aromatic heterocycles. The minimum atomic E-state index is -0.707. The van der Waals surface area contributed by atoms with Crippen molar-refractivity contribution < 1.29 is 9.90 Å². The van der Waals surface area contributed by atoms with Gasteiger partial charge in [0, 0.05) is 0 Å². The third-order valence-corrected chi connectivity index (χ3v) is 2.39. The molecule has 0 aromatic carbocycles. The van der Waals surface area contributed by atoms with Crippen molar-refractivity contribution >= 4 is 5.97 Å². The number of nitrogens with one attached hydrogen (secondary N) is 1. The first-order valence-corrected chi connectivity index (χ1v) is 4.09. The van der Waals surface area contributed by atoms with Crippen molar-refractivity contribution in [3.8, 4) is 0 Å². The Bertz CT molecular complexity index is 156. The monoisotopic (exact) mass is 157 g/mol. The summed E-state index contributed by atoms with van der Waals surface area (Å²) in [7, 11) is 0. The molecule has 1 rings (SSSR count). The normalized spacial score (nSPS) is 31.2. The number of carbonyl (C=O) groups is 1. The fourth-order valence-electron chi connectivity index (χ4n) is 1.71. The average Bonchev–Trinajstić information content (AvgIpc) is 2.32. The maximum atomic E-state index is 10.7. The minimum Gasteiger partial charge on any atom is -0.480 e. The summed E-state index contributed by atoms with van der Waals surface area (Å²) in [6, 6.07) is -0.310. The molecular formula is C8H15NO2. The standard InChI is InChI=1S/C8H15NO2/c1-5(2)6-3-4-9-7(6)8(10)11/h5-7,9H,3-4H2,1-2H3,(H,10,11)/t6-,7-/m0/s1. The Balaban J connectivity index is 2.58. The van der Waals surface area contributed by atoms with Gasteiger partial charge in [-0.2, -0.15) is 0 Å². The van der Waals surface area contributed by atoms with Crippen LogP contribution in [0, 0.1) is 11.8 Å². The van der Waals surface area contributed by atoms with Crippen molar-refractivity contribution in [3.05, 3.63) is 0 Å². The van der Waals surface area contributed by atoms with E-state index in [1.165, 1.54) is 0 Å². The van der Waals surface area contributed by atoms with E-state index in [1.54, 1.807) is 0 Å². The highest BCUT2D eigenvalue weighted by Gasteiger charge is 2.33. The molecule has 3 heteroatoms. The van der Waals surface area contributed by atoms with Crippen molar-refractivity contribution in [2.75, 3.05) is 6.54 Å². The predicted octanol–water partition coefficient (Wildman–Crippen LogP) is 0.705. The highest BCUT2D eigenvalue weighted by atomic mass is 16.4. The largest absolute Gasteiger partial charge is 0.480 e. The van der Waals surface area contributed by atoms with Gasteiger partial charge in [0.05, 0.1) is 0 Å². The van der Waals surface area contributed by atoms with Gasteiger partial charge in [-0.1, -0.05) is 13.8 Å². The van der Waals surface area contributed by atoms with E-state index in [0.717, 1.165) is 13.0 Å². The Morgan fingerprint density at radius 3 is 2.64 bits per heavy atom. The van der Waals surface area contributed by atoms with E-state index in [9.17, 15) is 4.79 Å². The van der Waals surface area contributed by atoms with Gasteiger partial charge in [-0.25, -0.2) is 0 Å². The summed E-state index contributed by atoms with van der Waals surface area (Å²) in [4.78, 5) is 10.7. The summed E-state index contributed by atoms with van der Waals surface area (Å²) in [6.45, 7) is 5.00. The summed E-state index contributed by atoms with van der Waals surface area (Å²) < 4.78 is 0. The van der Waals surface area contributed by atoms with E-state index < -0.39 is 5.97 Å². The first-order chi connectivity index (χ1) is 5.13. The fourth-order valence-corrected chi connectivity index (χ4v) is 1.71. The van der Waals surface area contributed by atoms with Gasteiger partial charge in [0.1, 0.15) is 6.04 Å². The second-order valence-corrected chi connectivity index (χ2v) is 3.47. The third-order valence-electron chi connectivity index (χ3n) is 2.39. The van der Waals surface area contributed by atoms with E-state index in [2.05, 4.69) is 19.2 Å².